The number of hydrogen-bond acceptors (Lipinski definition) is 2. The Morgan fingerprint density at radius 1 is 0.739 bits per heavy atom. The highest BCUT2D eigenvalue weighted by atomic mass is 31.1. The summed E-state index contributed by atoms with van der Waals surface area (Å²) >= 11 is 0. The van der Waals surface area contributed by atoms with Crippen LogP contribution in [0.15, 0.2) is 23.2 Å². The van der Waals surface area contributed by atoms with Gasteiger partial charge in [0, 0.05) is 12.3 Å². The molecule has 0 amide bonds. The van der Waals surface area contributed by atoms with E-state index in [2.05, 4.69) is 50.9 Å². The van der Waals surface area contributed by atoms with Crippen LogP contribution >= 0.6 is 15.1 Å². The Hall–Kier alpha value is -0.520. The number of aryl methyl sites for hydroxylation is 4. The van der Waals surface area contributed by atoms with E-state index < -0.39 is 5.79 Å². The first-order chi connectivity index (χ1) is 10.7. The molecule has 4 heteroatoms. The molecular formula is C19H28O2P2. The first kappa shape index (κ1) is 17.3. The summed E-state index contributed by atoms with van der Waals surface area (Å²) in [6.07, 6.45) is 2.61. The Morgan fingerprint density at radius 2 is 1.04 bits per heavy atom. The van der Waals surface area contributed by atoms with E-state index in [9.17, 15) is 0 Å². The molecule has 3 rings (SSSR count). The highest BCUT2D eigenvalue weighted by Crippen LogP contribution is 2.44. The average Bonchev–Trinajstić information content (AvgIpc) is 3.00. The second-order valence-electron chi connectivity index (χ2n) is 7.35. The zero-order valence-corrected chi connectivity index (χ0v) is 16.9. The molecule has 1 aliphatic heterocycles. The van der Waals surface area contributed by atoms with Crippen molar-refractivity contribution >= 4 is 15.1 Å². The van der Waals surface area contributed by atoms with Crippen molar-refractivity contribution in [3.63, 3.8) is 0 Å². The normalized spacial score (nSPS) is 23.6. The second-order valence-corrected chi connectivity index (χ2v) is 11.2. The van der Waals surface area contributed by atoms with Gasteiger partial charge in [-0.3, -0.25) is 0 Å². The molecule has 2 aromatic rings. The standard InChI is InChI=1S/C19H28O2P2/c1-13-7-22(8-14(13)2)11-17-18(21-19(5,6)20-17)12-23-9-15(3)16(4)10-23/h7-10,17-18H,11-12H2,1-6H3/t17-,18-/m0/s1. The lowest BCUT2D eigenvalue weighted by molar-refractivity contribution is -0.144. The maximum absolute atomic E-state index is 6.26. The summed E-state index contributed by atoms with van der Waals surface area (Å²) < 4.78 is 12.5. The summed E-state index contributed by atoms with van der Waals surface area (Å²) in [6, 6.07) is 0. The lowest BCUT2D eigenvalue weighted by Gasteiger charge is -2.16. The summed E-state index contributed by atoms with van der Waals surface area (Å²) in [7, 11) is -0.382. The molecule has 1 fully saturated rings. The molecule has 1 saturated heterocycles. The minimum Gasteiger partial charge on any atom is -0.344 e. The molecule has 0 saturated carbocycles. The monoisotopic (exact) mass is 350 g/mol. The fraction of sp³-hybridized carbons (Fsp3) is 0.579. The third kappa shape index (κ3) is 3.94. The number of hydrogen-bond donors (Lipinski definition) is 0. The van der Waals surface area contributed by atoms with Crippen LogP contribution in [-0.2, 0) is 21.8 Å². The predicted molar refractivity (Wildman–Crippen MR) is 101 cm³/mol. The Morgan fingerprint density at radius 3 is 1.35 bits per heavy atom. The first-order valence-corrected chi connectivity index (χ1v) is 11.7. The van der Waals surface area contributed by atoms with Crippen molar-refractivity contribution in [3.05, 3.63) is 45.4 Å². The zero-order chi connectivity index (χ0) is 16.8. The third-order valence-corrected chi connectivity index (χ3v) is 9.19. The van der Waals surface area contributed by atoms with Gasteiger partial charge in [0.1, 0.15) is 0 Å². The Labute approximate surface area is 142 Å². The van der Waals surface area contributed by atoms with Gasteiger partial charge in [0.2, 0.25) is 0 Å². The van der Waals surface area contributed by atoms with Gasteiger partial charge in [-0.15, -0.1) is 15.1 Å². The topological polar surface area (TPSA) is 18.5 Å². The molecule has 3 heterocycles. The molecule has 2 atom stereocenters. The van der Waals surface area contributed by atoms with Crippen LogP contribution in [-0.4, -0.2) is 18.0 Å². The van der Waals surface area contributed by atoms with Crippen molar-refractivity contribution in [2.75, 3.05) is 0 Å². The Kier molecular flexibility index (Phi) is 4.83. The van der Waals surface area contributed by atoms with Crippen LogP contribution in [0.25, 0.3) is 0 Å². The van der Waals surface area contributed by atoms with Crippen molar-refractivity contribution in [1.82, 2.24) is 0 Å². The number of ether oxygens (including phenoxy) is 2. The van der Waals surface area contributed by atoms with Crippen LogP contribution in [0.4, 0.5) is 0 Å². The van der Waals surface area contributed by atoms with Gasteiger partial charge >= 0.3 is 0 Å². The molecule has 0 spiro atoms. The zero-order valence-electron chi connectivity index (χ0n) is 15.1. The van der Waals surface area contributed by atoms with Crippen LogP contribution in [0.1, 0.15) is 36.1 Å². The molecule has 2 aromatic heterocycles. The third-order valence-electron chi connectivity index (χ3n) is 4.75. The minimum absolute atomic E-state index is 0.191. The Balaban J connectivity index is 1.76. The van der Waals surface area contributed by atoms with Gasteiger partial charge in [-0.25, -0.2) is 0 Å². The molecule has 0 aromatic carbocycles. The fourth-order valence-electron chi connectivity index (χ4n) is 3.32. The maximum Gasteiger partial charge on any atom is 0.163 e. The van der Waals surface area contributed by atoms with Crippen molar-refractivity contribution in [2.24, 2.45) is 0 Å². The molecule has 1 aliphatic rings. The highest BCUT2D eigenvalue weighted by molar-refractivity contribution is 7.48. The minimum atomic E-state index is -0.450. The molecule has 0 unspecified atom stereocenters. The lowest BCUT2D eigenvalue weighted by Crippen LogP contribution is -2.23. The van der Waals surface area contributed by atoms with Crippen LogP contribution in [0.5, 0.6) is 0 Å². The fourth-order valence-corrected chi connectivity index (χ4v) is 8.15. The van der Waals surface area contributed by atoms with Crippen molar-refractivity contribution in [3.8, 4) is 0 Å². The van der Waals surface area contributed by atoms with Gasteiger partial charge in [0.25, 0.3) is 0 Å². The first-order valence-electron chi connectivity index (χ1n) is 8.35. The van der Waals surface area contributed by atoms with Crippen molar-refractivity contribution in [2.45, 2.75) is 71.9 Å². The van der Waals surface area contributed by atoms with E-state index in [1.807, 2.05) is 13.8 Å². The molecule has 0 bridgehead atoms. The average molecular weight is 350 g/mol. The smallest absolute Gasteiger partial charge is 0.163 e. The summed E-state index contributed by atoms with van der Waals surface area (Å²) in [4.78, 5) is 0. The van der Waals surface area contributed by atoms with E-state index in [1.54, 1.807) is 0 Å². The van der Waals surface area contributed by atoms with Crippen LogP contribution in [0.2, 0.25) is 0 Å². The second kappa shape index (κ2) is 6.41. The molecule has 2 nitrogen and oxygen atoms in total. The van der Waals surface area contributed by atoms with Crippen molar-refractivity contribution < 1.29 is 9.47 Å². The summed E-state index contributed by atoms with van der Waals surface area (Å²) in [5.74, 6) is 9.29. The summed E-state index contributed by atoms with van der Waals surface area (Å²) in [6.45, 7) is 13.0. The van der Waals surface area contributed by atoms with Crippen LogP contribution < -0.4 is 0 Å². The van der Waals surface area contributed by atoms with E-state index >= 15 is 0 Å². The predicted octanol–water partition coefficient (Wildman–Crippen LogP) is 6.11. The Bertz CT molecular complexity index is 599. The van der Waals surface area contributed by atoms with Gasteiger partial charge in [-0.05, 0) is 87.0 Å². The van der Waals surface area contributed by atoms with E-state index in [0.29, 0.717) is 0 Å². The lowest BCUT2D eigenvalue weighted by atomic mass is 10.2. The van der Waals surface area contributed by atoms with E-state index in [4.69, 9.17) is 9.47 Å². The highest BCUT2D eigenvalue weighted by Gasteiger charge is 2.41. The van der Waals surface area contributed by atoms with E-state index in [0.717, 1.165) is 12.3 Å². The van der Waals surface area contributed by atoms with Gasteiger partial charge in [-0.2, -0.15) is 0 Å². The van der Waals surface area contributed by atoms with Crippen molar-refractivity contribution in [1.29, 1.82) is 0 Å². The van der Waals surface area contributed by atoms with Gasteiger partial charge in [-0.1, -0.05) is 0 Å². The summed E-state index contributed by atoms with van der Waals surface area (Å²) in [5.41, 5.74) is 5.73. The molecular weight excluding hydrogens is 322 g/mol. The molecule has 23 heavy (non-hydrogen) atoms. The molecule has 0 aliphatic carbocycles. The van der Waals surface area contributed by atoms with Crippen LogP contribution in [0.3, 0.4) is 0 Å². The van der Waals surface area contributed by atoms with Gasteiger partial charge < -0.3 is 9.47 Å². The quantitative estimate of drug-likeness (QED) is 0.662. The molecule has 0 N–H and O–H groups in total. The van der Waals surface area contributed by atoms with E-state index in [-0.39, 0.29) is 27.3 Å². The SMILES string of the molecule is Cc1cp(C[C@@H]2OC(C)(C)O[C@H]2Cp2cc(C)c(C)c2)cc1C. The van der Waals surface area contributed by atoms with E-state index in [1.165, 1.54) is 22.3 Å². The van der Waals surface area contributed by atoms with Crippen LogP contribution in [0, 0.1) is 27.7 Å². The largest absolute Gasteiger partial charge is 0.344 e. The van der Waals surface area contributed by atoms with Gasteiger partial charge in [0.15, 0.2) is 5.79 Å². The van der Waals surface area contributed by atoms with Gasteiger partial charge in [0.05, 0.1) is 12.2 Å². The molecule has 0 radical (unpaired) electrons. The summed E-state index contributed by atoms with van der Waals surface area (Å²) in [5, 5.41) is 0. The molecule has 126 valence electrons. The number of rotatable bonds is 4. The maximum atomic E-state index is 6.26.